The first-order chi connectivity index (χ1) is 9.13. The minimum absolute atomic E-state index is 0.0603. The lowest BCUT2D eigenvalue weighted by atomic mass is 10.2. The van der Waals surface area contributed by atoms with Gasteiger partial charge in [-0.05, 0) is 30.3 Å². The molecule has 19 heavy (non-hydrogen) atoms. The fourth-order valence-electron chi connectivity index (χ4n) is 1.91. The predicted molar refractivity (Wildman–Crippen MR) is 73.0 cm³/mol. The number of nitrogens with two attached hydrogens (primary N) is 1. The lowest BCUT2D eigenvalue weighted by Gasteiger charge is -2.09. The fraction of sp³-hybridized carbons (Fsp3) is 0. The topological polar surface area (TPSA) is 86.7 Å². The molecule has 5 N–H and O–H groups in total. The first-order valence-corrected chi connectivity index (χ1v) is 5.66. The second kappa shape index (κ2) is 4.16. The van der Waals surface area contributed by atoms with Gasteiger partial charge in [0.2, 0.25) is 0 Å². The molecule has 0 amide bonds. The second-order valence-corrected chi connectivity index (χ2v) is 4.17. The summed E-state index contributed by atoms with van der Waals surface area (Å²) in [5, 5.41) is 3.01. The molecule has 3 aromatic rings. The van der Waals surface area contributed by atoms with Crippen LogP contribution in [0.5, 0.6) is 0 Å². The largest absolute Gasteiger partial charge is 0.395 e. The third-order valence-corrected chi connectivity index (χ3v) is 2.85. The van der Waals surface area contributed by atoms with Crippen molar-refractivity contribution >= 4 is 28.1 Å². The summed E-state index contributed by atoms with van der Waals surface area (Å²) >= 11 is 0. The monoisotopic (exact) mass is 258 g/mol. The Hall–Kier alpha value is -2.76. The van der Waals surface area contributed by atoms with Crippen LogP contribution in [0, 0.1) is 5.82 Å². The van der Waals surface area contributed by atoms with Gasteiger partial charge in [-0.3, -0.25) is 0 Å². The lowest BCUT2D eigenvalue weighted by Crippen LogP contribution is -1.99. The molecule has 2 aromatic carbocycles. The Bertz CT molecular complexity index is 806. The number of rotatable bonds is 2. The molecule has 0 bridgehead atoms. The van der Waals surface area contributed by atoms with Crippen LogP contribution in [0.2, 0.25) is 0 Å². The highest BCUT2D eigenvalue weighted by molar-refractivity contribution is 5.82. The quantitative estimate of drug-likeness (QED) is 0.532. The van der Waals surface area contributed by atoms with E-state index in [1.54, 1.807) is 30.3 Å². The summed E-state index contributed by atoms with van der Waals surface area (Å²) in [6.07, 6.45) is 0. The van der Waals surface area contributed by atoms with Gasteiger partial charge in [-0.15, -0.1) is 0 Å². The predicted octanol–water partition coefficient (Wildman–Crippen LogP) is 2.32. The Labute approximate surface area is 107 Å². The summed E-state index contributed by atoms with van der Waals surface area (Å²) in [7, 11) is 0. The number of aromatic amines is 2. The molecule has 0 saturated heterocycles. The van der Waals surface area contributed by atoms with Gasteiger partial charge in [-0.25, -0.2) is 9.18 Å². The first kappa shape index (κ1) is 11.3. The standard InChI is InChI=1S/C13H11FN4O/c14-8-2-1-3-10(12(8)15)16-7-4-5-9-11(6-7)18-13(19)17-9/h1-6,16H,15H2,(H2,17,18,19). The molecule has 0 aliphatic carbocycles. The van der Waals surface area contributed by atoms with Gasteiger partial charge >= 0.3 is 5.69 Å². The van der Waals surface area contributed by atoms with E-state index < -0.39 is 5.82 Å². The first-order valence-electron chi connectivity index (χ1n) is 5.66. The maximum Gasteiger partial charge on any atom is 0.323 e. The maximum absolute atomic E-state index is 13.3. The number of hydrogen-bond donors (Lipinski definition) is 4. The van der Waals surface area contributed by atoms with Crippen LogP contribution in [0.4, 0.5) is 21.5 Å². The summed E-state index contributed by atoms with van der Waals surface area (Å²) < 4.78 is 13.3. The molecule has 5 nitrogen and oxygen atoms in total. The molecule has 0 atom stereocenters. The zero-order valence-corrected chi connectivity index (χ0v) is 9.83. The van der Waals surface area contributed by atoms with Crippen molar-refractivity contribution < 1.29 is 4.39 Å². The molecule has 0 radical (unpaired) electrons. The van der Waals surface area contributed by atoms with Crippen LogP contribution in [0.25, 0.3) is 11.0 Å². The van der Waals surface area contributed by atoms with Crippen molar-refractivity contribution in [3.05, 3.63) is 52.7 Å². The van der Waals surface area contributed by atoms with E-state index >= 15 is 0 Å². The van der Waals surface area contributed by atoms with Gasteiger partial charge in [0.15, 0.2) is 0 Å². The summed E-state index contributed by atoms with van der Waals surface area (Å²) in [5.41, 5.74) is 8.01. The molecule has 6 heteroatoms. The van der Waals surface area contributed by atoms with Crippen molar-refractivity contribution in [2.24, 2.45) is 0 Å². The Morgan fingerprint density at radius 3 is 2.74 bits per heavy atom. The Morgan fingerprint density at radius 1 is 1.11 bits per heavy atom. The number of nitrogens with one attached hydrogen (secondary N) is 3. The number of imidazole rings is 1. The zero-order valence-electron chi connectivity index (χ0n) is 9.83. The van der Waals surface area contributed by atoms with Gasteiger partial charge in [-0.2, -0.15) is 0 Å². The van der Waals surface area contributed by atoms with Gasteiger partial charge in [0.1, 0.15) is 5.82 Å². The third-order valence-electron chi connectivity index (χ3n) is 2.85. The number of para-hydroxylation sites is 1. The Kier molecular flexibility index (Phi) is 2.49. The van der Waals surface area contributed by atoms with Crippen molar-refractivity contribution in [3.63, 3.8) is 0 Å². The molecule has 1 aromatic heterocycles. The van der Waals surface area contributed by atoms with Crippen LogP contribution >= 0.6 is 0 Å². The van der Waals surface area contributed by atoms with E-state index in [4.69, 9.17) is 5.73 Å². The van der Waals surface area contributed by atoms with E-state index in [0.717, 1.165) is 0 Å². The third kappa shape index (κ3) is 2.03. The smallest absolute Gasteiger partial charge is 0.323 e. The Morgan fingerprint density at radius 2 is 1.89 bits per heavy atom. The van der Waals surface area contributed by atoms with Crippen LogP contribution in [0.3, 0.4) is 0 Å². The normalized spacial score (nSPS) is 10.8. The molecule has 0 spiro atoms. The number of hydrogen-bond acceptors (Lipinski definition) is 3. The van der Waals surface area contributed by atoms with Gasteiger partial charge < -0.3 is 21.0 Å². The number of halogens is 1. The van der Waals surface area contributed by atoms with Gasteiger partial charge in [0.05, 0.1) is 22.4 Å². The summed E-state index contributed by atoms with van der Waals surface area (Å²) in [5.74, 6) is -0.471. The van der Waals surface area contributed by atoms with Crippen molar-refractivity contribution in [2.45, 2.75) is 0 Å². The highest BCUT2D eigenvalue weighted by Crippen LogP contribution is 2.26. The molecule has 96 valence electrons. The van der Waals surface area contributed by atoms with Crippen molar-refractivity contribution in [3.8, 4) is 0 Å². The molecule has 0 aliphatic heterocycles. The number of benzene rings is 2. The number of H-pyrrole nitrogens is 2. The molecular weight excluding hydrogens is 247 g/mol. The van der Waals surface area contributed by atoms with Gasteiger partial charge in [-0.1, -0.05) is 6.07 Å². The van der Waals surface area contributed by atoms with Crippen molar-refractivity contribution in [1.82, 2.24) is 9.97 Å². The zero-order chi connectivity index (χ0) is 13.4. The summed E-state index contributed by atoms with van der Waals surface area (Å²) in [6.45, 7) is 0. The number of anilines is 3. The molecule has 0 aliphatic rings. The van der Waals surface area contributed by atoms with Crippen LogP contribution in [-0.4, -0.2) is 9.97 Å². The van der Waals surface area contributed by atoms with Gasteiger partial charge in [0, 0.05) is 5.69 Å². The van der Waals surface area contributed by atoms with E-state index in [9.17, 15) is 9.18 Å². The van der Waals surface area contributed by atoms with Crippen LogP contribution < -0.4 is 16.7 Å². The summed E-state index contributed by atoms with van der Waals surface area (Å²) in [6, 6.07) is 9.83. The minimum Gasteiger partial charge on any atom is -0.395 e. The number of aromatic nitrogens is 2. The van der Waals surface area contributed by atoms with Crippen LogP contribution in [-0.2, 0) is 0 Å². The maximum atomic E-state index is 13.3. The Balaban J connectivity index is 2.00. The van der Waals surface area contributed by atoms with Crippen LogP contribution in [0.1, 0.15) is 0 Å². The minimum atomic E-state index is -0.471. The second-order valence-electron chi connectivity index (χ2n) is 4.17. The average molecular weight is 258 g/mol. The summed E-state index contributed by atoms with van der Waals surface area (Å²) in [4.78, 5) is 16.5. The van der Waals surface area contributed by atoms with Crippen molar-refractivity contribution in [1.29, 1.82) is 0 Å². The lowest BCUT2D eigenvalue weighted by molar-refractivity contribution is 0.633. The SMILES string of the molecule is Nc1c(F)cccc1Nc1ccc2[nH]c(=O)[nH]c2c1. The molecule has 0 unspecified atom stereocenters. The van der Waals surface area contributed by atoms with E-state index in [-0.39, 0.29) is 11.4 Å². The highest BCUT2D eigenvalue weighted by atomic mass is 19.1. The van der Waals surface area contributed by atoms with Crippen LogP contribution in [0.15, 0.2) is 41.2 Å². The molecular formula is C13H11FN4O. The van der Waals surface area contributed by atoms with E-state index in [2.05, 4.69) is 15.3 Å². The molecule has 1 heterocycles. The highest BCUT2D eigenvalue weighted by Gasteiger charge is 2.05. The van der Waals surface area contributed by atoms with Gasteiger partial charge in [0.25, 0.3) is 0 Å². The molecule has 0 fully saturated rings. The number of nitrogen functional groups attached to an aromatic ring is 1. The average Bonchev–Trinajstić information content (AvgIpc) is 2.74. The van der Waals surface area contributed by atoms with Crippen molar-refractivity contribution in [2.75, 3.05) is 11.1 Å². The fourth-order valence-corrected chi connectivity index (χ4v) is 1.91. The van der Waals surface area contributed by atoms with E-state index in [1.165, 1.54) is 6.07 Å². The van der Waals surface area contributed by atoms with E-state index in [1.807, 2.05) is 0 Å². The number of fused-ring (bicyclic) bond motifs is 1. The van der Waals surface area contributed by atoms with E-state index in [0.29, 0.717) is 22.4 Å². The molecule has 3 rings (SSSR count). The molecule has 0 saturated carbocycles.